The summed E-state index contributed by atoms with van der Waals surface area (Å²) in [6.45, 7) is 6.33. The number of hydrogen-bond acceptors (Lipinski definition) is 4. The van der Waals surface area contributed by atoms with Crippen LogP contribution < -0.4 is 5.32 Å². The van der Waals surface area contributed by atoms with E-state index in [4.69, 9.17) is 4.42 Å². The van der Waals surface area contributed by atoms with Crippen molar-refractivity contribution in [3.63, 3.8) is 0 Å². The van der Waals surface area contributed by atoms with Gasteiger partial charge >= 0.3 is 0 Å². The molecule has 3 rings (SSSR count). The summed E-state index contributed by atoms with van der Waals surface area (Å²) >= 11 is 5.24. The van der Waals surface area contributed by atoms with E-state index in [2.05, 4.69) is 58.4 Å². The van der Waals surface area contributed by atoms with Crippen molar-refractivity contribution in [1.82, 2.24) is 4.98 Å². The number of nitrogens with one attached hydrogen (secondary N) is 1. The van der Waals surface area contributed by atoms with Crippen LogP contribution in [0.15, 0.2) is 38.5 Å². The maximum absolute atomic E-state index is 5.73. The van der Waals surface area contributed by atoms with Gasteiger partial charge < -0.3 is 9.73 Å². The molecule has 0 saturated heterocycles. The summed E-state index contributed by atoms with van der Waals surface area (Å²) in [5, 5.41) is 5.61. The lowest BCUT2D eigenvalue weighted by molar-refractivity contribution is 0.501. The Morgan fingerprint density at radius 1 is 1.24 bits per heavy atom. The number of thiophene rings is 1. The minimum absolute atomic E-state index is 0.259. The highest BCUT2D eigenvalue weighted by molar-refractivity contribution is 9.10. The van der Waals surface area contributed by atoms with Gasteiger partial charge in [-0.05, 0) is 47.1 Å². The first-order chi connectivity index (χ1) is 10.0. The van der Waals surface area contributed by atoms with E-state index in [0.29, 0.717) is 5.92 Å². The molecule has 0 bridgehead atoms. The van der Waals surface area contributed by atoms with Crippen molar-refractivity contribution >= 4 is 44.1 Å². The lowest BCUT2D eigenvalue weighted by Crippen LogP contribution is -2.04. The lowest BCUT2D eigenvalue weighted by atomic mass is 10.2. The van der Waals surface area contributed by atoms with Crippen LogP contribution in [-0.4, -0.2) is 4.98 Å². The summed E-state index contributed by atoms with van der Waals surface area (Å²) in [6, 6.07) is 8.47. The topological polar surface area (TPSA) is 38.1 Å². The standard InChI is InChI=1S/C16H17BrN2OS/c1-9(2)16-19-13-7-12(4-5-14(13)20-16)18-10(3)15-6-11(17)8-21-15/h4-10,18H,1-3H3. The molecule has 2 heterocycles. The van der Waals surface area contributed by atoms with Crippen molar-refractivity contribution in [2.75, 3.05) is 5.32 Å². The van der Waals surface area contributed by atoms with Gasteiger partial charge in [0.25, 0.3) is 0 Å². The molecule has 21 heavy (non-hydrogen) atoms. The van der Waals surface area contributed by atoms with Gasteiger partial charge in [-0.2, -0.15) is 0 Å². The number of aromatic nitrogens is 1. The highest BCUT2D eigenvalue weighted by Crippen LogP contribution is 2.29. The van der Waals surface area contributed by atoms with Crippen LogP contribution in [0.2, 0.25) is 0 Å². The average Bonchev–Trinajstić information content (AvgIpc) is 3.04. The van der Waals surface area contributed by atoms with Crippen LogP contribution in [0.1, 0.15) is 43.5 Å². The van der Waals surface area contributed by atoms with Crippen LogP contribution in [0.3, 0.4) is 0 Å². The largest absolute Gasteiger partial charge is 0.440 e. The van der Waals surface area contributed by atoms with Crippen molar-refractivity contribution < 1.29 is 4.42 Å². The number of anilines is 1. The van der Waals surface area contributed by atoms with Gasteiger partial charge in [0.2, 0.25) is 0 Å². The summed E-state index contributed by atoms with van der Waals surface area (Å²) in [7, 11) is 0. The zero-order chi connectivity index (χ0) is 15.0. The van der Waals surface area contributed by atoms with E-state index >= 15 is 0 Å². The Labute approximate surface area is 136 Å². The second-order valence-electron chi connectivity index (χ2n) is 5.42. The average molecular weight is 365 g/mol. The van der Waals surface area contributed by atoms with Gasteiger partial charge in [-0.25, -0.2) is 4.98 Å². The highest BCUT2D eigenvalue weighted by Gasteiger charge is 2.12. The number of rotatable bonds is 4. The van der Waals surface area contributed by atoms with E-state index in [1.54, 1.807) is 11.3 Å². The van der Waals surface area contributed by atoms with Crippen molar-refractivity contribution in [3.8, 4) is 0 Å². The second kappa shape index (κ2) is 5.81. The summed E-state index contributed by atoms with van der Waals surface area (Å²) in [5.41, 5.74) is 2.81. The first-order valence-electron chi connectivity index (χ1n) is 6.94. The van der Waals surface area contributed by atoms with Crippen LogP contribution in [0.5, 0.6) is 0 Å². The zero-order valence-electron chi connectivity index (χ0n) is 12.2. The van der Waals surface area contributed by atoms with E-state index in [1.807, 2.05) is 18.2 Å². The Kier molecular flexibility index (Phi) is 4.04. The van der Waals surface area contributed by atoms with Gasteiger partial charge in [0.15, 0.2) is 11.5 Å². The SMILES string of the molecule is CC(C)c1nc2cc(NC(C)c3cc(Br)cs3)ccc2o1. The quantitative estimate of drug-likeness (QED) is 0.621. The molecule has 5 heteroatoms. The van der Waals surface area contributed by atoms with Gasteiger partial charge in [0.05, 0.1) is 6.04 Å². The summed E-state index contributed by atoms with van der Waals surface area (Å²) in [5.74, 6) is 1.09. The van der Waals surface area contributed by atoms with Gasteiger partial charge in [0.1, 0.15) is 5.52 Å². The number of benzene rings is 1. The Morgan fingerprint density at radius 3 is 2.71 bits per heavy atom. The van der Waals surface area contributed by atoms with Crippen LogP contribution in [0, 0.1) is 0 Å². The molecule has 1 unspecified atom stereocenters. The molecule has 0 aliphatic heterocycles. The summed E-state index contributed by atoms with van der Waals surface area (Å²) in [4.78, 5) is 5.84. The predicted octanol–water partition coefficient (Wildman–Crippen LogP) is 5.95. The maximum Gasteiger partial charge on any atom is 0.198 e. The third-order valence-electron chi connectivity index (χ3n) is 3.30. The van der Waals surface area contributed by atoms with Gasteiger partial charge in [-0.1, -0.05) is 13.8 Å². The fourth-order valence-corrected chi connectivity index (χ4v) is 3.61. The van der Waals surface area contributed by atoms with Gasteiger partial charge in [-0.15, -0.1) is 11.3 Å². The lowest BCUT2D eigenvalue weighted by Gasteiger charge is -2.13. The molecule has 3 nitrogen and oxygen atoms in total. The Bertz CT molecular complexity index is 763. The molecular weight excluding hydrogens is 348 g/mol. The van der Waals surface area contributed by atoms with Crippen LogP contribution >= 0.6 is 27.3 Å². The van der Waals surface area contributed by atoms with Crippen molar-refractivity contribution in [2.24, 2.45) is 0 Å². The van der Waals surface area contributed by atoms with E-state index in [9.17, 15) is 0 Å². The number of halogens is 1. The monoisotopic (exact) mass is 364 g/mol. The third-order valence-corrected chi connectivity index (χ3v) is 5.17. The smallest absolute Gasteiger partial charge is 0.198 e. The minimum Gasteiger partial charge on any atom is -0.440 e. The molecule has 0 radical (unpaired) electrons. The number of nitrogens with zero attached hydrogens (tertiary/aromatic N) is 1. The van der Waals surface area contributed by atoms with Crippen molar-refractivity contribution in [2.45, 2.75) is 32.7 Å². The Balaban J connectivity index is 1.83. The van der Waals surface area contributed by atoms with E-state index in [0.717, 1.165) is 27.2 Å². The highest BCUT2D eigenvalue weighted by atomic mass is 79.9. The van der Waals surface area contributed by atoms with Gasteiger partial charge in [-0.3, -0.25) is 0 Å². The first-order valence-corrected chi connectivity index (χ1v) is 8.61. The molecule has 1 atom stereocenters. The van der Waals surface area contributed by atoms with E-state index in [-0.39, 0.29) is 6.04 Å². The molecular formula is C16H17BrN2OS. The van der Waals surface area contributed by atoms with Crippen LogP contribution in [-0.2, 0) is 0 Å². The molecule has 0 aliphatic rings. The second-order valence-corrected chi connectivity index (χ2v) is 7.28. The zero-order valence-corrected chi connectivity index (χ0v) is 14.6. The molecule has 1 N–H and O–H groups in total. The summed E-state index contributed by atoms with van der Waals surface area (Å²) in [6.07, 6.45) is 0. The number of fused-ring (bicyclic) bond motifs is 1. The number of oxazole rings is 1. The fraction of sp³-hybridized carbons (Fsp3) is 0.312. The predicted molar refractivity (Wildman–Crippen MR) is 92.2 cm³/mol. The molecule has 0 aliphatic carbocycles. The molecule has 110 valence electrons. The molecule has 1 aromatic carbocycles. The molecule has 0 fully saturated rings. The van der Waals surface area contributed by atoms with Crippen LogP contribution in [0.25, 0.3) is 11.1 Å². The van der Waals surface area contributed by atoms with Gasteiger partial charge in [0, 0.05) is 26.3 Å². The number of hydrogen-bond donors (Lipinski definition) is 1. The molecule has 0 spiro atoms. The normalized spacial score (nSPS) is 13.0. The minimum atomic E-state index is 0.259. The third kappa shape index (κ3) is 3.14. The van der Waals surface area contributed by atoms with Crippen molar-refractivity contribution in [1.29, 1.82) is 0 Å². The molecule has 0 saturated carbocycles. The van der Waals surface area contributed by atoms with Crippen LogP contribution in [0.4, 0.5) is 5.69 Å². The molecule has 0 amide bonds. The Morgan fingerprint density at radius 2 is 2.05 bits per heavy atom. The first kappa shape index (κ1) is 14.6. The molecule has 2 aromatic heterocycles. The van der Waals surface area contributed by atoms with Crippen molar-refractivity contribution in [3.05, 3.63) is 44.9 Å². The van der Waals surface area contributed by atoms with E-state index in [1.165, 1.54) is 4.88 Å². The molecule has 3 aromatic rings. The maximum atomic E-state index is 5.73. The Hall–Kier alpha value is -1.33. The van der Waals surface area contributed by atoms with E-state index < -0.39 is 0 Å². The fourth-order valence-electron chi connectivity index (χ4n) is 2.16. The summed E-state index contributed by atoms with van der Waals surface area (Å²) < 4.78 is 6.86.